The highest BCUT2D eigenvalue weighted by atomic mass is 35.5. The molecule has 5 nitrogen and oxygen atoms in total. The van der Waals surface area contributed by atoms with Crippen molar-refractivity contribution in [2.45, 2.75) is 19.8 Å². The van der Waals surface area contributed by atoms with Gasteiger partial charge >= 0.3 is 0 Å². The van der Waals surface area contributed by atoms with E-state index < -0.39 is 0 Å². The molecule has 2 aromatic rings. The minimum Gasteiger partial charge on any atom is -0.497 e. The summed E-state index contributed by atoms with van der Waals surface area (Å²) in [6.07, 6.45) is 2.52. The first-order chi connectivity index (χ1) is 12.5. The summed E-state index contributed by atoms with van der Waals surface area (Å²) in [6, 6.07) is 10.5. The van der Waals surface area contributed by atoms with Crippen molar-refractivity contribution in [3.63, 3.8) is 0 Å². The average Bonchev–Trinajstić information content (AvgIpc) is 2.63. The fourth-order valence-electron chi connectivity index (χ4n) is 2.13. The lowest BCUT2D eigenvalue weighted by atomic mass is 10.1. The number of benzene rings is 2. The first-order valence-corrected chi connectivity index (χ1v) is 8.85. The summed E-state index contributed by atoms with van der Waals surface area (Å²) in [7, 11) is 1.56. The third kappa shape index (κ3) is 5.93. The van der Waals surface area contributed by atoms with Crippen LogP contribution in [0.3, 0.4) is 0 Å². The topological polar surface area (TPSA) is 59.9 Å². The molecule has 0 aliphatic carbocycles. The van der Waals surface area contributed by atoms with Crippen LogP contribution in [0.15, 0.2) is 41.5 Å². The number of hydrogen-bond acceptors (Lipinski definition) is 4. The van der Waals surface area contributed by atoms with Crippen LogP contribution in [0.5, 0.6) is 11.5 Å². The van der Waals surface area contributed by atoms with E-state index in [-0.39, 0.29) is 12.3 Å². The van der Waals surface area contributed by atoms with Gasteiger partial charge in [0.2, 0.25) is 5.91 Å². The fourth-order valence-corrected chi connectivity index (χ4v) is 2.56. The number of nitrogens with zero attached hydrogens (tertiary/aromatic N) is 1. The molecule has 0 spiro atoms. The Bertz CT molecular complexity index is 794. The maximum Gasteiger partial charge on any atom is 0.244 e. The molecule has 1 N–H and O–H groups in total. The average molecular weight is 395 g/mol. The molecular formula is C19H20Cl2N2O3. The van der Waals surface area contributed by atoms with E-state index in [0.717, 1.165) is 12.0 Å². The van der Waals surface area contributed by atoms with E-state index in [4.69, 9.17) is 32.7 Å². The minimum atomic E-state index is -0.287. The summed E-state index contributed by atoms with van der Waals surface area (Å²) < 4.78 is 10.6. The molecule has 1 amide bonds. The summed E-state index contributed by atoms with van der Waals surface area (Å²) in [5.41, 5.74) is 3.88. The van der Waals surface area contributed by atoms with Gasteiger partial charge in [-0.3, -0.25) is 4.79 Å². The number of amides is 1. The molecule has 138 valence electrons. The van der Waals surface area contributed by atoms with Crippen LogP contribution in [0.2, 0.25) is 10.0 Å². The summed E-state index contributed by atoms with van der Waals surface area (Å²) in [4.78, 5) is 12.0. The molecule has 0 heterocycles. The van der Waals surface area contributed by atoms with Gasteiger partial charge in [-0.25, -0.2) is 5.43 Å². The second-order valence-electron chi connectivity index (χ2n) is 5.47. The van der Waals surface area contributed by atoms with Crippen molar-refractivity contribution in [2.75, 3.05) is 13.7 Å². The van der Waals surface area contributed by atoms with Gasteiger partial charge in [-0.05, 0) is 53.9 Å². The Kier molecular flexibility index (Phi) is 7.75. The summed E-state index contributed by atoms with van der Waals surface area (Å²) >= 11 is 12.3. The molecule has 0 radical (unpaired) electrons. The standard InChI is InChI=1S/C19H20Cl2N2O3/c1-3-8-26-18-7-4-13(9-17(18)21)12-22-23-19(24)11-14-10-15(25-2)5-6-16(14)20/h4-7,9-10,12H,3,8,11H2,1-2H3,(H,23,24)/b22-12+. The number of ether oxygens (including phenoxy) is 2. The largest absolute Gasteiger partial charge is 0.497 e. The highest BCUT2D eigenvalue weighted by Gasteiger charge is 2.08. The van der Waals surface area contributed by atoms with Gasteiger partial charge in [0.05, 0.1) is 31.4 Å². The predicted octanol–water partition coefficient (Wildman–Crippen LogP) is 4.48. The van der Waals surface area contributed by atoms with Crippen molar-refractivity contribution in [1.29, 1.82) is 0 Å². The van der Waals surface area contributed by atoms with Gasteiger partial charge in [-0.2, -0.15) is 5.10 Å². The van der Waals surface area contributed by atoms with E-state index in [1.54, 1.807) is 37.4 Å². The first kappa shape index (κ1) is 20.1. The van der Waals surface area contributed by atoms with Gasteiger partial charge in [-0.15, -0.1) is 0 Å². The number of halogens is 2. The van der Waals surface area contributed by atoms with E-state index in [9.17, 15) is 4.79 Å². The predicted molar refractivity (Wildman–Crippen MR) is 105 cm³/mol. The lowest BCUT2D eigenvalue weighted by Gasteiger charge is -2.07. The fraction of sp³-hybridized carbons (Fsp3) is 0.263. The van der Waals surface area contributed by atoms with Crippen LogP contribution in [0.4, 0.5) is 0 Å². The normalized spacial score (nSPS) is 10.8. The van der Waals surface area contributed by atoms with Gasteiger partial charge in [-0.1, -0.05) is 30.1 Å². The van der Waals surface area contributed by atoms with Gasteiger partial charge in [0.15, 0.2) is 0 Å². The van der Waals surface area contributed by atoms with Crippen LogP contribution >= 0.6 is 23.2 Å². The monoisotopic (exact) mass is 394 g/mol. The second-order valence-corrected chi connectivity index (χ2v) is 6.28. The number of methoxy groups -OCH3 is 1. The van der Waals surface area contributed by atoms with Crippen LogP contribution in [-0.4, -0.2) is 25.8 Å². The maximum atomic E-state index is 12.0. The quantitative estimate of drug-likeness (QED) is 0.530. The molecule has 0 aliphatic heterocycles. The first-order valence-electron chi connectivity index (χ1n) is 8.10. The molecule has 2 aromatic carbocycles. The van der Waals surface area contributed by atoms with E-state index in [1.165, 1.54) is 6.21 Å². The van der Waals surface area contributed by atoms with Crippen molar-refractivity contribution in [3.8, 4) is 11.5 Å². The highest BCUT2D eigenvalue weighted by Crippen LogP contribution is 2.25. The zero-order valence-electron chi connectivity index (χ0n) is 14.6. The molecule has 0 atom stereocenters. The smallest absolute Gasteiger partial charge is 0.244 e. The highest BCUT2D eigenvalue weighted by molar-refractivity contribution is 6.32. The Morgan fingerprint density at radius 1 is 1.19 bits per heavy atom. The molecule has 0 saturated heterocycles. The van der Waals surface area contributed by atoms with E-state index in [2.05, 4.69) is 10.5 Å². The lowest BCUT2D eigenvalue weighted by molar-refractivity contribution is -0.120. The molecule has 0 bridgehead atoms. The second kappa shape index (κ2) is 10.0. The zero-order chi connectivity index (χ0) is 18.9. The number of carbonyl (C=O) groups is 1. The van der Waals surface area contributed by atoms with Gasteiger partial charge in [0.25, 0.3) is 0 Å². The Labute approximate surface area is 162 Å². The van der Waals surface area contributed by atoms with Gasteiger partial charge < -0.3 is 9.47 Å². The van der Waals surface area contributed by atoms with Gasteiger partial charge in [0.1, 0.15) is 11.5 Å². The third-order valence-corrected chi connectivity index (χ3v) is 4.09. The molecule has 26 heavy (non-hydrogen) atoms. The van der Waals surface area contributed by atoms with E-state index in [1.807, 2.05) is 13.0 Å². The molecule has 0 saturated carbocycles. The van der Waals surface area contributed by atoms with Crippen molar-refractivity contribution in [3.05, 3.63) is 57.6 Å². The summed E-state index contributed by atoms with van der Waals surface area (Å²) in [6.45, 7) is 2.63. The van der Waals surface area contributed by atoms with Crippen molar-refractivity contribution >= 4 is 35.3 Å². The number of rotatable bonds is 8. The van der Waals surface area contributed by atoms with Crippen LogP contribution in [0.1, 0.15) is 24.5 Å². The lowest BCUT2D eigenvalue weighted by Crippen LogP contribution is -2.20. The zero-order valence-corrected chi connectivity index (χ0v) is 16.1. The number of carbonyl (C=O) groups excluding carboxylic acids is 1. The van der Waals surface area contributed by atoms with Crippen molar-refractivity contribution in [2.24, 2.45) is 5.10 Å². The molecule has 0 aromatic heterocycles. The van der Waals surface area contributed by atoms with Crippen LogP contribution in [0.25, 0.3) is 0 Å². The Balaban J connectivity index is 1.93. The molecule has 0 fully saturated rings. The van der Waals surface area contributed by atoms with E-state index in [0.29, 0.717) is 33.7 Å². The molecule has 0 aliphatic rings. The molecule has 0 unspecified atom stereocenters. The van der Waals surface area contributed by atoms with Crippen LogP contribution < -0.4 is 14.9 Å². The Hall–Kier alpha value is -2.24. The maximum absolute atomic E-state index is 12.0. The SMILES string of the molecule is CCCOc1ccc(/C=N/NC(=O)Cc2cc(OC)ccc2Cl)cc1Cl. The number of hydrogen-bond donors (Lipinski definition) is 1. The van der Waals surface area contributed by atoms with Crippen molar-refractivity contribution < 1.29 is 14.3 Å². The molecule has 2 rings (SSSR count). The van der Waals surface area contributed by atoms with Crippen molar-refractivity contribution in [1.82, 2.24) is 5.43 Å². The molecule has 7 heteroatoms. The van der Waals surface area contributed by atoms with Crippen LogP contribution in [-0.2, 0) is 11.2 Å². The summed E-state index contributed by atoms with van der Waals surface area (Å²) in [5.74, 6) is 0.980. The third-order valence-electron chi connectivity index (χ3n) is 3.42. The minimum absolute atomic E-state index is 0.0952. The van der Waals surface area contributed by atoms with Crippen LogP contribution in [0, 0.1) is 0 Å². The van der Waals surface area contributed by atoms with Gasteiger partial charge in [0, 0.05) is 5.02 Å². The molecular weight excluding hydrogens is 375 g/mol. The number of hydrazone groups is 1. The van der Waals surface area contributed by atoms with E-state index >= 15 is 0 Å². The Morgan fingerprint density at radius 3 is 2.69 bits per heavy atom. The number of nitrogens with one attached hydrogen (secondary N) is 1. The summed E-state index contributed by atoms with van der Waals surface area (Å²) in [5, 5.41) is 4.94. The Morgan fingerprint density at radius 2 is 2.00 bits per heavy atom.